The van der Waals surface area contributed by atoms with E-state index in [-0.39, 0.29) is 0 Å². The Morgan fingerprint density at radius 2 is 2.12 bits per heavy atom. The Morgan fingerprint density at radius 1 is 1.29 bits per heavy atom. The van der Waals surface area contributed by atoms with Gasteiger partial charge in [-0.1, -0.05) is 40.0 Å². The molecule has 1 rings (SSSR count). The molecule has 0 fully saturated rings. The molecule has 0 aliphatic carbocycles. The van der Waals surface area contributed by atoms with Gasteiger partial charge in [0.2, 0.25) is 0 Å². The molecule has 0 bridgehead atoms. The van der Waals surface area contributed by atoms with Gasteiger partial charge in [-0.3, -0.25) is 0 Å². The van der Waals surface area contributed by atoms with E-state index in [0.717, 1.165) is 19.6 Å². The van der Waals surface area contributed by atoms with E-state index in [9.17, 15) is 0 Å². The molecule has 0 aliphatic heterocycles. The van der Waals surface area contributed by atoms with Crippen LogP contribution in [-0.4, -0.2) is 16.1 Å². The summed E-state index contributed by atoms with van der Waals surface area (Å²) in [5.74, 6) is 0.705. The number of imidazole rings is 1. The van der Waals surface area contributed by atoms with Crippen LogP contribution in [-0.2, 0) is 13.1 Å². The molecule has 0 atom stereocenters. The summed E-state index contributed by atoms with van der Waals surface area (Å²) >= 11 is 0. The predicted octanol–water partition coefficient (Wildman–Crippen LogP) is 3.21. The number of unbranched alkanes of at least 4 members (excludes halogenated alkanes) is 3. The van der Waals surface area contributed by atoms with E-state index in [2.05, 4.69) is 35.6 Å². The van der Waals surface area contributed by atoms with Crippen molar-refractivity contribution in [2.24, 2.45) is 5.92 Å². The minimum atomic E-state index is 0.705. The molecule has 0 aliphatic rings. The molecule has 0 saturated carbocycles. The second-order valence-electron chi connectivity index (χ2n) is 5.16. The second-order valence-corrected chi connectivity index (χ2v) is 5.16. The van der Waals surface area contributed by atoms with Crippen LogP contribution in [0.25, 0.3) is 0 Å². The van der Waals surface area contributed by atoms with Crippen molar-refractivity contribution in [1.82, 2.24) is 14.9 Å². The maximum atomic E-state index is 4.24. The van der Waals surface area contributed by atoms with Crippen LogP contribution in [0.2, 0.25) is 0 Å². The average Bonchev–Trinajstić information content (AvgIpc) is 2.72. The molecule has 0 radical (unpaired) electrons. The summed E-state index contributed by atoms with van der Waals surface area (Å²) in [4.78, 5) is 4.24. The number of nitrogens with zero attached hydrogens (tertiary/aromatic N) is 2. The van der Waals surface area contributed by atoms with Gasteiger partial charge in [0.25, 0.3) is 0 Å². The molecule has 0 amide bonds. The summed E-state index contributed by atoms with van der Waals surface area (Å²) in [5, 5.41) is 3.47. The van der Waals surface area contributed by atoms with Crippen LogP contribution in [0.4, 0.5) is 0 Å². The van der Waals surface area contributed by atoms with E-state index in [1.807, 2.05) is 12.5 Å². The van der Waals surface area contributed by atoms with Gasteiger partial charge in [0.15, 0.2) is 0 Å². The van der Waals surface area contributed by atoms with Gasteiger partial charge in [-0.05, 0) is 18.9 Å². The van der Waals surface area contributed by atoms with Crippen LogP contribution in [0.15, 0.2) is 12.5 Å². The van der Waals surface area contributed by atoms with E-state index in [1.165, 1.54) is 31.4 Å². The summed E-state index contributed by atoms with van der Waals surface area (Å²) in [6, 6.07) is 0. The lowest BCUT2D eigenvalue weighted by Gasteiger charge is -2.10. The number of hydrogen-bond acceptors (Lipinski definition) is 2. The fourth-order valence-corrected chi connectivity index (χ4v) is 1.89. The quantitative estimate of drug-likeness (QED) is 0.668. The van der Waals surface area contributed by atoms with Crippen molar-refractivity contribution in [3.63, 3.8) is 0 Å². The Labute approximate surface area is 106 Å². The van der Waals surface area contributed by atoms with Crippen molar-refractivity contribution in [3.8, 4) is 0 Å². The van der Waals surface area contributed by atoms with Crippen molar-refractivity contribution in [1.29, 1.82) is 0 Å². The van der Waals surface area contributed by atoms with Gasteiger partial charge in [0.1, 0.15) is 0 Å². The number of aryl methyl sites for hydroxylation is 1. The Bertz CT molecular complexity index is 291. The minimum absolute atomic E-state index is 0.705. The lowest BCUT2D eigenvalue weighted by molar-refractivity contribution is 0.521. The Hall–Kier alpha value is -0.830. The van der Waals surface area contributed by atoms with E-state index in [4.69, 9.17) is 0 Å². The molecule has 0 spiro atoms. The maximum absolute atomic E-state index is 4.24. The fraction of sp³-hybridized carbons (Fsp3) is 0.786. The van der Waals surface area contributed by atoms with Crippen LogP contribution in [0.3, 0.4) is 0 Å². The normalized spacial score (nSPS) is 11.3. The van der Waals surface area contributed by atoms with Crippen LogP contribution in [0.1, 0.15) is 52.1 Å². The van der Waals surface area contributed by atoms with Crippen LogP contribution in [0, 0.1) is 5.92 Å². The van der Waals surface area contributed by atoms with Crippen molar-refractivity contribution in [2.75, 3.05) is 6.54 Å². The molecule has 3 nitrogen and oxygen atoms in total. The smallest absolute Gasteiger partial charge is 0.0948 e. The molecular weight excluding hydrogens is 210 g/mol. The highest BCUT2D eigenvalue weighted by atomic mass is 15.1. The first-order valence-corrected chi connectivity index (χ1v) is 6.93. The molecule has 1 N–H and O–H groups in total. The summed E-state index contributed by atoms with van der Waals surface area (Å²) in [7, 11) is 0. The zero-order valence-electron chi connectivity index (χ0n) is 11.6. The minimum Gasteiger partial charge on any atom is -0.333 e. The van der Waals surface area contributed by atoms with Gasteiger partial charge in [-0.25, -0.2) is 4.98 Å². The largest absolute Gasteiger partial charge is 0.333 e. The van der Waals surface area contributed by atoms with Crippen molar-refractivity contribution >= 4 is 0 Å². The first-order valence-electron chi connectivity index (χ1n) is 6.93. The zero-order valence-corrected chi connectivity index (χ0v) is 11.6. The van der Waals surface area contributed by atoms with Gasteiger partial charge in [0.05, 0.1) is 12.0 Å². The van der Waals surface area contributed by atoms with Gasteiger partial charge < -0.3 is 9.88 Å². The average molecular weight is 237 g/mol. The Kier molecular flexibility index (Phi) is 6.94. The van der Waals surface area contributed by atoms with Crippen molar-refractivity contribution in [2.45, 2.75) is 59.5 Å². The molecule has 1 aromatic rings. The lowest BCUT2D eigenvalue weighted by atomic mass is 10.2. The van der Waals surface area contributed by atoms with Crippen molar-refractivity contribution in [3.05, 3.63) is 18.2 Å². The predicted molar refractivity (Wildman–Crippen MR) is 72.9 cm³/mol. The number of aromatic nitrogens is 2. The SMILES string of the molecule is CCCCCCn1cncc1CNCC(C)C. The number of hydrogen-bond donors (Lipinski definition) is 1. The third-order valence-electron chi connectivity index (χ3n) is 2.91. The Morgan fingerprint density at radius 3 is 2.82 bits per heavy atom. The first-order chi connectivity index (χ1) is 8.24. The molecule has 0 aromatic carbocycles. The molecule has 1 heterocycles. The second kappa shape index (κ2) is 8.29. The van der Waals surface area contributed by atoms with Crippen LogP contribution in [0.5, 0.6) is 0 Å². The molecule has 98 valence electrons. The lowest BCUT2D eigenvalue weighted by Crippen LogP contribution is -2.20. The van der Waals surface area contributed by atoms with Gasteiger partial charge in [0, 0.05) is 19.3 Å². The highest BCUT2D eigenvalue weighted by Gasteiger charge is 2.02. The van der Waals surface area contributed by atoms with Gasteiger partial charge in [-0.2, -0.15) is 0 Å². The molecule has 0 unspecified atom stereocenters. The zero-order chi connectivity index (χ0) is 12.5. The molecule has 17 heavy (non-hydrogen) atoms. The highest BCUT2D eigenvalue weighted by Crippen LogP contribution is 2.05. The van der Waals surface area contributed by atoms with Crippen molar-refractivity contribution < 1.29 is 0 Å². The molecular formula is C14H27N3. The summed E-state index contributed by atoms with van der Waals surface area (Å²) < 4.78 is 2.28. The van der Waals surface area contributed by atoms with E-state index in [1.54, 1.807) is 0 Å². The van der Waals surface area contributed by atoms with Gasteiger partial charge in [-0.15, -0.1) is 0 Å². The fourth-order valence-electron chi connectivity index (χ4n) is 1.89. The van der Waals surface area contributed by atoms with Gasteiger partial charge >= 0.3 is 0 Å². The standard InChI is InChI=1S/C14H27N3/c1-4-5-6-7-8-17-12-16-11-14(17)10-15-9-13(2)3/h11-13,15H,4-10H2,1-3H3. The topological polar surface area (TPSA) is 29.9 Å². The van der Waals surface area contributed by atoms with Crippen LogP contribution < -0.4 is 5.32 Å². The number of rotatable bonds is 9. The maximum Gasteiger partial charge on any atom is 0.0948 e. The van der Waals surface area contributed by atoms with E-state index in [0.29, 0.717) is 5.92 Å². The van der Waals surface area contributed by atoms with E-state index >= 15 is 0 Å². The van der Waals surface area contributed by atoms with Crippen LogP contribution >= 0.6 is 0 Å². The first kappa shape index (κ1) is 14.2. The number of nitrogens with one attached hydrogen (secondary N) is 1. The summed E-state index contributed by atoms with van der Waals surface area (Å²) in [5.41, 5.74) is 1.31. The molecule has 3 heteroatoms. The summed E-state index contributed by atoms with van der Waals surface area (Å²) in [6.45, 7) is 9.83. The highest BCUT2D eigenvalue weighted by molar-refractivity contribution is 4.97. The third-order valence-corrected chi connectivity index (χ3v) is 2.91. The molecule has 0 saturated heterocycles. The van der Waals surface area contributed by atoms with E-state index < -0.39 is 0 Å². The third kappa shape index (κ3) is 5.87. The Balaban J connectivity index is 2.27. The molecule has 1 aromatic heterocycles. The summed E-state index contributed by atoms with van der Waals surface area (Å²) in [6.07, 6.45) is 9.17. The monoisotopic (exact) mass is 237 g/mol.